The highest BCUT2D eigenvalue weighted by Gasteiger charge is 2.27. The molecule has 1 atom stereocenters. The first kappa shape index (κ1) is 19.1. The minimum atomic E-state index is -0.373. The van der Waals surface area contributed by atoms with E-state index >= 15 is 0 Å². The molecule has 154 valence electrons. The van der Waals surface area contributed by atoms with Gasteiger partial charge in [-0.3, -0.25) is 18.7 Å². The molecule has 2 aliphatic rings. The highest BCUT2D eigenvalue weighted by atomic mass is 16.7. The zero-order chi connectivity index (χ0) is 20.5. The summed E-state index contributed by atoms with van der Waals surface area (Å²) in [5.74, 6) is 1.69. The van der Waals surface area contributed by atoms with Crippen LogP contribution in [0.1, 0.15) is 18.4 Å². The summed E-state index contributed by atoms with van der Waals surface area (Å²) in [6.07, 6.45) is 1.58. The van der Waals surface area contributed by atoms with Gasteiger partial charge in [-0.05, 0) is 30.5 Å². The van der Waals surface area contributed by atoms with Gasteiger partial charge in [0.2, 0.25) is 12.7 Å². The quantitative estimate of drug-likeness (QED) is 0.796. The number of benzene rings is 1. The van der Waals surface area contributed by atoms with Gasteiger partial charge in [-0.1, -0.05) is 6.07 Å². The van der Waals surface area contributed by atoms with Crippen molar-refractivity contribution < 1.29 is 14.3 Å². The van der Waals surface area contributed by atoms with Crippen LogP contribution in [0.3, 0.4) is 0 Å². The number of amides is 1. The molecule has 1 unspecified atom stereocenters. The largest absolute Gasteiger partial charge is 0.454 e. The van der Waals surface area contributed by atoms with Crippen LogP contribution in [0.25, 0.3) is 0 Å². The van der Waals surface area contributed by atoms with E-state index in [2.05, 4.69) is 5.32 Å². The standard InChI is InChI=1S/C20H24N4O5/c1-22-17(9-18(25)23(2)20(22)27)24-7-3-4-14(11-24)19(26)21-10-13-5-6-15-16(8-13)29-12-28-15/h5-6,8-9,14H,3-4,7,10-12H2,1-2H3,(H,21,26). The first-order chi connectivity index (χ1) is 13.9. The summed E-state index contributed by atoms with van der Waals surface area (Å²) in [5, 5.41) is 2.98. The zero-order valence-electron chi connectivity index (χ0n) is 16.5. The number of carbonyl (C=O) groups is 1. The molecule has 3 heterocycles. The lowest BCUT2D eigenvalue weighted by atomic mass is 9.97. The van der Waals surface area contributed by atoms with Crippen LogP contribution in [0, 0.1) is 5.92 Å². The number of anilines is 1. The fourth-order valence-electron chi connectivity index (χ4n) is 3.81. The molecule has 29 heavy (non-hydrogen) atoms. The Kier molecular flexibility index (Phi) is 5.04. The van der Waals surface area contributed by atoms with Crippen molar-refractivity contribution in [2.75, 3.05) is 24.8 Å². The van der Waals surface area contributed by atoms with Gasteiger partial charge in [0.1, 0.15) is 5.82 Å². The van der Waals surface area contributed by atoms with Gasteiger partial charge in [0.25, 0.3) is 5.56 Å². The van der Waals surface area contributed by atoms with E-state index in [1.165, 1.54) is 17.7 Å². The van der Waals surface area contributed by atoms with Crippen molar-refractivity contribution in [2.24, 2.45) is 20.0 Å². The van der Waals surface area contributed by atoms with Gasteiger partial charge >= 0.3 is 5.69 Å². The lowest BCUT2D eigenvalue weighted by Crippen LogP contribution is -2.46. The second kappa shape index (κ2) is 7.65. The maximum atomic E-state index is 12.7. The molecule has 4 rings (SSSR count). The van der Waals surface area contributed by atoms with Crippen molar-refractivity contribution in [1.29, 1.82) is 0 Å². The Morgan fingerprint density at radius 3 is 2.76 bits per heavy atom. The second-order valence-electron chi connectivity index (χ2n) is 7.43. The van der Waals surface area contributed by atoms with E-state index in [1.807, 2.05) is 23.1 Å². The van der Waals surface area contributed by atoms with Crippen molar-refractivity contribution in [3.05, 3.63) is 50.7 Å². The normalized spacial score (nSPS) is 18.0. The highest BCUT2D eigenvalue weighted by molar-refractivity contribution is 5.79. The second-order valence-corrected chi connectivity index (χ2v) is 7.43. The van der Waals surface area contributed by atoms with Crippen molar-refractivity contribution in [1.82, 2.24) is 14.5 Å². The van der Waals surface area contributed by atoms with E-state index in [0.29, 0.717) is 37.0 Å². The number of aromatic nitrogens is 2. The topological polar surface area (TPSA) is 94.8 Å². The van der Waals surface area contributed by atoms with Gasteiger partial charge in [0, 0.05) is 39.8 Å². The molecule has 1 amide bonds. The lowest BCUT2D eigenvalue weighted by molar-refractivity contribution is -0.125. The highest BCUT2D eigenvalue weighted by Crippen LogP contribution is 2.32. The van der Waals surface area contributed by atoms with Crippen LogP contribution in [0.15, 0.2) is 33.9 Å². The molecular formula is C20H24N4O5. The number of carbonyl (C=O) groups excluding carboxylic acids is 1. The van der Waals surface area contributed by atoms with Gasteiger partial charge < -0.3 is 19.7 Å². The summed E-state index contributed by atoms with van der Waals surface area (Å²) in [7, 11) is 3.09. The summed E-state index contributed by atoms with van der Waals surface area (Å²) in [5.41, 5.74) is 0.212. The summed E-state index contributed by atoms with van der Waals surface area (Å²) < 4.78 is 13.2. The van der Waals surface area contributed by atoms with Crippen molar-refractivity contribution >= 4 is 11.7 Å². The molecule has 1 aromatic heterocycles. The van der Waals surface area contributed by atoms with E-state index in [1.54, 1.807) is 7.05 Å². The smallest absolute Gasteiger partial charge is 0.332 e. The average Bonchev–Trinajstić information content (AvgIpc) is 3.21. The maximum Gasteiger partial charge on any atom is 0.332 e. The van der Waals surface area contributed by atoms with E-state index in [-0.39, 0.29) is 29.9 Å². The molecule has 1 saturated heterocycles. The van der Waals surface area contributed by atoms with Crippen LogP contribution in [-0.4, -0.2) is 34.9 Å². The van der Waals surface area contributed by atoms with Gasteiger partial charge in [-0.15, -0.1) is 0 Å². The number of nitrogens with zero attached hydrogens (tertiary/aromatic N) is 3. The lowest BCUT2D eigenvalue weighted by Gasteiger charge is -2.34. The molecular weight excluding hydrogens is 376 g/mol. The number of nitrogens with one attached hydrogen (secondary N) is 1. The van der Waals surface area contributed by atoms with E-state index in [9.17, 15) is 14.4 Å². The zero-order valence-corrected chi connectivity index (χ0v) is 16.5. The summed E-state index contributed by atoms with van der Waals surface area (Å²) in [6, 6.07) is 7.05. The van der Waals surface area contributed by atoms with Crippen LogP contribution in [0.4, 0.5) is 5.82 Å². The third-order valence-electron chi connectivity index (χ3n) is 5.52. The predicted molar refractivity (Wildman–Crippen MR) is 106 cm³/mol. The minimum absolute atomic E-state index is 0.0406. The Morgan fingerprint density at radius 2 is 1.93 bits per heavy atom. The predicted octanol–water partition coefficient (Wildman–Crippen LogP) is 0.346. The number of ether oxygens (including phenoxy) is 2. The number of rotatable bonds is 4. The fraction of sp³-hybridized carbons (Fsp3) is 0.450. The molecule has 9 nitrogen and oxygen atoms in total. The van der Waals surface area contributed by atoms with Crippen LogP contribution in [0.5, 0.6) is 11.5 Å². The van der Waals surface area contributed by atoms with Crippen molar-refractivity contribution in [3.63, 3.8) is 0 Å². The molecule has 1 aromatic carbocycles. The molecule has 2 aliphatic heterocycles. The van der Waals surface area contributed by atoms with Gasteiger partial charge in [-0.25, -0.2) is 4.79 Å². The van der Waals surface area contributed by atoms with Crippen LogP contribution in [-0.2, 0) is 25.4 Å². The first-order valence-electron chi connectivity index (χ1n) is 9.62. The van der Waals surface area contributed by atoms with E-state index in [0.717, 1.165) is 23.0 Å². The van der Waals surface area contributed by atoms with Crippen LogP contribution >= 0.6 is 0 Å². The molecule has 0 bridgehead atoms. The molecule has 0 spiro atoms. The average molecular weight is 400 g/mol. The number of hydrogen-bond donors (Lipinski definition) is 1. The molecule has 0 radical (unpaired) electrons. The Balaban J connectivity index is 1.42. The Labute approximate surface area is 167 Å². The number of hydrogen-bond acceptors (Lipinski definition) is 6. The molecule has 9 heteroatoms. The number of fused-ring (bicyclic) bond motifs is 1. The van der Waals surface area contributed by atoms with Gasteiger partial charge in [0.15, 0.2) is 11.5 Å². The SMILES string of the molecule is Cn1c(N2CCCC(C(=O)NCc3ccc4c(c3)OCO4)C2)cc(=O)n(C)c1=O. The van der Waals surface area contributed by atoms with Crippen LogP contribution < -0.4 is 30.9 Å². The summed E-state index contributed by atoms with van der Waals surface area (Å²) >= 11 is 0. The molecule has 0 aliphatic carbocycles. The summed E-state index contributed by atoms with van der Waals surface area (Å²) in [6.45, 7) is 1.78. The molecule has 2 aromatic rings. The first-order valence-corrected chi connectivity index (χ1v) is 9.62. The van der Waals surface area contributed by atoms with E-state index in [4.69, 9.17) is 9.47 Å². The third-order valence-corrected chi connectivity index (χ3v) is 5.52. The van der Waals surface area contributed by atoms with Gasteiger partial charge in [0.05, 0.1) is 5.92 Å². The van der Waals surface area contributed by atoms with E-state index < -0.39 is 0 Å². The minimum Gasteiger partial charge on any atom is -0.454 e. The van der Waals surface area contributed by atoms with Gasteiger partial charge in [-0.2, -0.15) is 0 Å². The molecule has 1 N–H and O–H groups in total. The van der Waals surface area contributed by atoms with Crippen molar-refractivity contribution in [2.45, 2.75) is 19.4 Å². The Morgan fingerprint density at radius 1 is 1.14 bits per heavy atom. The third kappa shape index (κ3) is 3.72. The Bertz CT molecular complexity index is 1060. The van der Waals surface area contributed by atoms with Crippen molar-refractivity contribution in [3.8, 4) is 11.5 Å². The Hall–Kier alpha value is -3.23. The summed E-state index contributed by atoms with van der Waals surface area (Å²) in [4.78, 5) is 38.9. The number of piperidine rings is 1. The van der Waals surface area contributed by atoms with Crippen LogP contribution in [0.2, 0.25) is 0 Å². The molecule has 0 saturated carbocycles. The monoisotopic (exact) mass is 400 g/mol. The maximum absolute atomic E-state index is 12.7. The molecule has 1 fully saturated rings. The fourth-order valence-corrected chi connectivity index (χ4v) is 3.81.